The summed E-state index contributed by atoms with van der Waals surface area (Å²) in [6, 6.07) is 19.1. The van der Waals surface area contributed by atoms with E-state index < -0.39 is 23.0 Å². The average Bonchev–Trinajstić information content (AvgIpc) is 3.14. The number of amidine groups is 1. The Labute approximate surface area is 228 Å². The monoisotopic (exact) mass is 534 g/mol. The van der Waals surface area contributed by atoms with Crippen molar-refractivity contribution >= 4 is 39.3 Å². The lowest BCUT2D eigenvalue weighted by Crippen LogP contribution is -2.26. The van der Waals surface area contributed by atoms with Crippen LogP contribution < -0.4 is 22.2 Å². The molecule has 4 aromatic carbocycles. The Morgan fingerprint density at radius 3 is 2.02 bits per heavy atom. The van der Waals surface area contributed by atoms with E-state index in [0.717, 1.165) is 22.3 Å². The first-order valence-corrected chi connectivity index (χ1v) is 12.6. The van der Waals surface area contributed by atoms with Gasteiger partial charge in [-0.3, -0.25) is 24.4 Å². The van der Waals surface area contributed by atoms with Gasteiger partial charge in [0.15, 0.2) is 0 Å². The van der Waals surface area contributed by atoms with E-state index in [9.17, 15) is 24.3 Å². The molecule has 6 rings (SSSR count). The molecule has 0 atom stereocenters. The van der Waals surface area contributed by atoms with E-state index in [0.29, 0.717) is 0 Å². The lowest BCUT2D eigenvalue weighted by atomic mass is 9.90. The highest BCUT2D eigenvalue weighted by molar-refractivity contribution is 6.27. The molecular weight excluding hydrogens is 508 g/mol. The van der Waals surface area contributed by atoms with Crippen molar-refractivity contribution in [2.24, 2.45) is 10.7 Å². The SMILES string of the molecule is Cc1ccccc1CN=C(N)c1c(C(=O)O)cc(C(=O)NCc2ccccc2C)c2c3ccc(c(=O)[nH]c3=O)c12. The fraction of sp³-hybridized carbons (Fsp3) is 0.129. The van der Waals surface area contributed by atoms with Crippen LogP contribution in [0.3, 0.4) is 0 Å². The van der Waals surface area contributed by atoms with Crippen LogP contribution in [0.2, 0.25) is 0 Å². The van der Waals surface area contributed by atoms with E-state index in [1.54, 1.807) is 0 Å². The van der Waals surface area contributed by atoms with Gasteiger partial charge >= 0.3 is 5.97 Å². The molecule has 0 radical (unpaired) electrons. The Morgan fingerprint density at radius 2 is 1.43 bits per heavy atom. The van der Waals surface area contributed by atoms with Gasteiger partial charge in [0, 0.05) is 39.2 Å². The number of aromatic nitrogens is 1. The van der Waals surface area contributed by atoms with Crippen LogP contribution in [0.1, 0.15) is 48.5 Å². The van der Waals surface area contributed by atoms with E-state index in [2.05, 4.69) is 15.3 Å². The van der Waals surface area contributed by atoms with E-state index in [1.807, 2.05) is 62.4 Å². The van der Waals surface area contributed by atoms with Crippen molar-refractivity contribution in [3.8, 4) is 0 Å². The van der Waals surface area contributed by atoms with Gasteiger partial charge in [0.05, 0.1) is 12.1 Å². The van der Waals surface area contributed by atoms with E-state index >= 15 is 0 Å². The predicted octanol–water partition coefficient (Wildman–Crippen LogP) is 3.63. The molecule has 9 heteroatoms. The maximum absolute atomic E-state index is 13.6. The predicted molar refractivity (Wildman–Crippen MR) is 154 cm³/mol. The number of carbonyl (C=O) groups is 2. The second-order valence-electron chi connectivity index (χ2n) is 9.58. The van der Waals surface area contributed by atoms with E-state index in [-0.39, 0.29) is 57.2 Å². The minimum atomic E-state index is -1.36. The van der Waals surface area contributed by atoms with Gasteiger partial charge < -0.3 is 16.2 Å². The summed E-state index contributed by atoms with van der Waals surface area (Å²) in [6.45, 7) is 4.18. The molecular formula is C31H26N4O5. The van der Waals surface area contributed by atoms with Crippen LogP contribution in [-0.4, -0.2) is 27.8 Å². The molecule has 2 bridgehead atoms. The highest BCUT2D eigenvalue weighted by Crippen LogP contribution is 2.32. The number of H-pyrrole nitrogens is 1. The number of benzene rings is 4. The molecule has 0 saturated carbocycles. The number of carboxylic acids is 1. The van der Waals surface area contributed by atoms with Crippen LogP contribution in [0.15, 0.2) is 81.3 Å². The number of nitrogens with one attached hydrogen (secondary N) is 2. The quantitative estimate of drug-likeness (QED) is 0.185. The number of amides is 1. The van der Waals surface area contributed by atoms with Gasteiger partial charge in [-0.05, 0) is 54.3 Å². The van der Waals surface area contributed by atoms with Crippen LogP contribution in [0, 0.1) is 13.8 Å². The van der Waals surface area contributed by atoms with Gasteiger partial charge in [0.2, 0.25) is 0 Å². The minimum absolute atomic E-state index is 0.0182. The Hall–Kier alpha value is -5.31. The first-order chi connectivity index (χ1) is 19.2. The highest BCUT2D eigenvalue weighted by atomic mass is 16.4. The van der Waals surface area contributed by atoms with Gasteiger partial charge in [-0.1, -0.05) is 48.5 Å². The zero-order chi connectivity index (χ0) is 28.6. The molecule has 5 N–H and O–H groups in total. The number of carboxylic acid groups (broad SMARTS) is 1. The highest BCUT2D eigenvalue weighted by Gasteiger charge is 2.26. The number of nitrogens with zero attached hydrogens (tertiary/aromatic N) is 1. The van der Waals surface area contributed by atoms with Crippen LogP contribution in [0.5, 0.6) is 0 Å². The summed E-state index contributed by atoms with van der Waals surface area (Å²) in [5.41, 5.74) is 8.32. The normalized spacial score (nSPS) is 11.7. The van der Waals surface area contributed by atoms with Crippen molar-refractivity contribution < 1.29 is 14.7 Å². The second kappa shape index (κ2) is 10.5. The van der Waals surface area contributed by atoms with Gasteiger partial charge in [-0.25, -0.2) is 4.79 Å². The molecule has 6 aromatic rings. The number of hydrogen-bond acceptors (Lipinski definition) is 5. The Morgan fingerprint density at radius 1 is 0.850 bits per heavy atom. The summed E-state index contributed by atoms with van der Waals surface area (Å²) < 4.78 is 0. The van der Waals surface area contributed by atoms with Crippen molar-refractivity contribution in [2.75, 3.05) is 0 Å². The van der Waals surface area contributed by atoms with Gasteiger partial charge in [0.25, 0.3) is 17.0 Å². The van der Waals surface area contributed by atoms with E-state index in [1.165, 1.54) is 18.2 Å². The number of hydrogen-bond donors (Lipinski definition) is 4. The summed E-state index contributed by atoms with van der Waals surface area (Å²) >= 11 is 0. The van der Waals surface area contributed by atoms with Crippen molar-refractivity contribution in [1.29, 1.82) is 0 Å². The van der Waals surface area contributed by atoms with Crippen molar-refractivity contribution in [2.45, 2.75) is 26.9 Å². The number of fused-ring (bicyclic) bond motifs is 3. The molecule has 0 spiro atoms. The molecule has 200 valence electrons. The lowest BCUT2D eigenvalue weighted by Gasteiger charge is -2.16. The molecule has 0 aliphatic rings. The molecule has 0 saturated heterocycles. The number of rotatable bonds is 7. The minimum Gasteiger partial charge on any atom is -0.478 e. The number of aliphatic imine (C=N–C) groups is 1. The standard InChI is InChI=1S/C31H26N4O5/c1-16-7-3-5-9-18(16)14-33-27(32)26-23(31(39)40)13-22(28(36)34-15-19-10-6-4-8-17(19)2)24-20-11-12-21(25(24)26)30(38)35-29(20)37/h3-13H,14-15H2,1-2H3,(H2,32,33)(H,34,36)(H,39,40)(H,35,37,38). The van der Waals surface area contributed by atoms with Crippen molar-refractivity contribution in [3.05, 3.63) is 126 Å². The molecule has 0 unspecified atom stereocenters. The smallest absolute Gasteiger partial charge is 0.336 e. The number of carbonyl (C=O) groups excluding carboxylic acids is 1. The van der Waals surface area contributed by atoms with Crippen LogP contribution in [-0.2, 0) is 13.1 Å². The average molecular weight is 535 g/mol. The Kier molecular flexibility index (Phi) is 6.87. The van der Waals surface area contributed by atoms with Crippen molar-refractivity contribution in [1.82, 2.24) is 10.3 Å². The third-order valence-electron chi connectivity index (χ3n) is 7.11. The fourth-order valence-electron chi connectivity index (χ4n) is 4.91. The van der Waals surface area contributed by atoms with Crippen LogP contribution in [0.25, 0.3) is 21.5 Å². The zero-order valence-electron chi connectivity index (χ0n) is 21.9. The maximum atomic E-state index is 13.6. The Bertz CT molecular complexity index is 1960. The van der Waals surface area contributed by atoms with Crippen LogP contribution in [0.4, 0.5) is 0 Å². The molecule has 0 aliphatic carbocycles. The number of aromatic amines is 1. The lowest BCUT2D eigenvalue weighted by molar-refractivity contribution is 0.0697. The summed E-state index contributed by atoms with van der Waals surface area (Å²) in [5.74, 6) is -2.09. The molecule has 0 aliphatic heterocycles. The van der Waals surface area contributed by atoms with Crippen LogP contribution >= 0.6 is 0 Å². The largest absolute Gasteiger partial charge is 0.478 e. The maximum Gasteiger partial charge on any atom is 0.336 e. The molecule has 2 heterocycles. The summed E-state index contributed by atoms with van der Waals surface area (Å²) in [7, 11) is 0. The first-order valence-electron chi connectivity index (χ1n) is 12.6. The number of nitrogens with two attached hydrogens (primary N) is 1. The summed E-state index contributed by atoms with van der Waals surface area (Å²) in [5, 5.41) is 13.3. The first kappa shape index (κ1) is 26.3. The van der Waals surface area contributed by atoms with Gasteiger partial charge in [0.1, 0.15) is 5.84 Å². The Balaban J connectivity index is 1.76. The molecule has 40 heavy (non-hydrogen) atoms. The second-order valence-corrected chi connectivity index (χ2v) is 9.58. The molecule has 0 fully saturated rings. The molecule has 9 nitrogen and oxygen atoms in total. The fourth-order valence-corrected chi connectivity index (χ4v) is 4.91. The van der Waals surface area contributed by atoms with Gasteiger partial charge in [-0.15, -0.1) is 0 Å². The number of aryl methyl sites for hydroxylation is 2. The molecule has 1 amide bonds. The molecule has 2 aromatic heterocycles. The third-order valence-corrected chi connectivity index (χ3v) is 7.11. The number of aromatic carboxylic acids is 1. The summed E-state index contributed by atoms with van der Waals surface area (Å²) in [4.78, 5) is 58.8. The zero-order valence-corrected chi connectivity index (χ0v) is 21.9. The summed E-state index contributed by atoms with van der Waals surface area (Å²) in [6.07, 6.45) is 0. The topological polar surface area (TPSA) is 155 Å². The third kappa shape index (κ3) is 4.69. The van der Waals surface area contributed by atoms with Crippen molar-refractivity contribution in [3.63, 3.8) is 0 Å². The van der Waals surface area contributed by atoms with Gasteiger partial charge in [-0.2, -0.15) is 0 Å². The van der Waals surface area contributed by atoms with E-state index in [4.69, 9.17) is 5.73 Å².